The molecule has 3 atom stereocenters. The number of carbonyl (C=O) groups excluding carboxylic acids is 4. The van der Waals surface area contributed by atoms with Crippen LogP contribution in [0.4, 0.5) is 0 Å². The predicted molar refractivity (Wildman–Crippen MR) is 101 cm³/mol. The van der Waals surface area contributed by atoms with Crippen LogP contribution in [0.15, 0.2) is 48.6 Å². The zero-order valence-electron chi connectivity index (χ0n) is 14.6. The smallest absolute Gasteiger partial charge is 0.246 e. The van der Waals surface area contributed by atoms with Crippen molar-refractivity contribution >= 4 is 45.2 Å². The van der Waals surface area contributed by atoms with Gasteiger partial charge in [-0.15, -0.1) is 11.3 Å². The van der Waals surface area contributed by atoms with E-state index in [0.717, 1.165) is 15.1 Å². The van der Waals surface area contributed by atoms with Crippen LogP contribution in [0.5, 0.6) is 0 Å². The minimum absolute atomic E-state index is 0.0129. The van der Waals surface area contributed by atoms with Gasteiger partial charge in [0.25, 0.3) is 0 Å². The van der Waals surface area contributed by atoms with E-state index in [4.69, 9.17) is 0 Å². The van der Waals surface area contributed by atoms with Crippen molar-refractivity contribution in [1.82, 2.24) is 15.2 Å². The van der Waals surface area contributed by atoms with E-state index in [0.29, 0.717) is 5.01 Å². The molecule has 5 rings (SSSR count). The Kier molecular flexibility index (Phi) is 3.60. The SMILES string of the molecule is O=C1CC2(C(=O)N1)C(=O)N(Cc1nc3ccccc3s1)C(=O)C1C=CC=CC12. The maximum Gasteiger partial charge on any atom is 0.246 e. The second-order valence-electron chi connectivity index (χ2n) is 7.15. The van der Waals surface area contributed by atoms with Gasteiger partial charge in [0.15, 0.2) is 0 Å². The first-order chi connectivity index (χ1) is 13.5. The van der Waals surface area contributed by atoms with Crippen molar-refractivity contribution in [1.29, 1.82) is 0 Å². The lowest BCUT2D eigenvalue weighted by atomic mass is 9.63. The average molecular weight is 393 g/mol. The summed E-state index contributed by atoms with van der Waals surface area (Å²) in [5.41, 5.74) is -0.783. The van der Waals surface area contributed by atoms with Crippen molar-refractivity contribution in [2.45, 2.75) is 13.0 Å². The molecule has 1 aliphatic carbocycles. The van der Waals surface area contributed by atoms with Gasteiger partial charge in [-0.25, -0.2) is 4.98 Å². The van der Waals surface area contributed by atoms with E-state index in [1.165, 1.54) is 11.3 Å². The van der Waals surface area contributed by atoms with Crippen LogP contribution in [0.1, 0.15) is 11.4 Å². The Morgan fingerprint density at radius 3 is 2.68 bits per heavy atom. The molecule has 140 valence electrons. The van der Waals surface area contributed by atoms with Gasteiger partial charge in [-0.3, -0.25) is 29.4 Å². The van der Waals surface area contributed by atoms with Gasteiger partial charge < -0.3 is 0 Å². The second kappa shape index (κ2) is 5.93. The molecule has 3 unspecified atom stereocenters. The van der Waals surface area contributed by atoms with Crippen LogP contribution < -0.4 is 5.32 Å². The van der Waals surface area contributed by atoms with Crippen LogP contribution in [-0.2, 0) is 25.7 Å². The molecule has 0 bridgehead atoms. The molecule has 3 aliphatic rings. The summed E-state index contributed by atoms with van der Waals surface area (Å²) in [4.78, 5) is 56.8. The zero-order valence-corrected chi connectivity index (χ0v) is 15.4. The third kappa shape index (κ3) is 2.24. The number of rotatable bonds is 2. The molecule has 0 saturated carbocycles. The van der Waals surface area contributed by atoms with E-state index in [1.807, 2.05) is 24.3 Å². The van der Waals surface area contributed by atoms with Crippen LogP contribution in [-0.4, -0.2) is 33.5 Å². The van der Waals surface area contributed by atoms with E-state index < -0.39 is 35.0 Å². The number of likely N-dealkylation sites (tertiary alicyclic amines) is 1. The maximum absolute atomic E-state index is 13.4. The number of allylic oxidation sites excluding steroid dienone is 3. The number of para-hydroxylation sites is 1. The molecule has 28 heavy (non-hydrogen) atoms. The highest BCUT2D eigenvalue weighted by atomic mass is 32.1. The van der Waals surface area contributed by atoms with Gasteiger partial charge in [-0.1, -0.05) is 36.4 Å². The Labute approximate surface area is 163 Å². The summed E-state index contributed by atoms with van der Waals surface area (Å²) >= 11 is 1.40. The zero-order chi connectivity index (χ0) is 19.5. The highest BCUT2D eigenvalue weighted by Gasteiger charge is 2.65. The monoisotopic (exact) mass is 393 g/mol. The lowest BCUT2D eigenvalue weighted by molar-refractivity contribution is -0.167. The summed E-state index contributed by atoms with van der Waals surface area (Å²) in [6.07, 6.45) is 6.58. The van der Waals surface area contributed by atoms with Gasteiger partial charge in [-0.05, 0) is 12.1 Å². The van der Waals surface area contributed by atoms with Crippen molar-refractivity contribution in [2.75, 3.05) is 0 Å². The number of thiazole rings is 1. The molecule has 8 heteroatoms. The second-order valence-corrected chi connectivity index (χ2v) is 8.27. The van der Waals surface area contributed by atoms with Gasteiger partial charge in [0.1, 0.15) is 10.4 Å². The minimum Gasteiger partial charge on any atom is -0.295 e. The Morgan fingerprint density at radius 1 is 1.14 bits per heavy atom. The Morgan fingerprint density at radius 2 is 1.93 bits per heavy atom. The van der Waals surface area contributed by atoms with E-state index in [2.05, 4.69) is 10.3 Å². The molecule has 4 amide bonds. The van der Waals surface area contributed by atoms with Gasteiger partial charge in [0.05, 0.1) is 29.1 Å². The molecule has 1 aromatic heterocycles. The van der Waals surface area contributed by atoms with Crippen LogP contribution in [0.3, 0.4) is 0 Å². The maximum atomic E-state index is 13.4. The molecule has 2 fully saturated rings. The fraction of sp³-hybridized carbons (Fsp3) is 0.250. The van der Waals surface area contributed by atoms with Gasteiger partial charge in [-0.2, -0.15) is 0 Å². The molecule has 1 aromatic carbocycles. The first kappa shape index (κ1) is 17.0. The number of hydrogen-bond acceptors (Lipinski definition) is 6. The highest BCUT2D eigenvalue weighted by Crippen LogP contribution is 2.48. The number of hydrogen-bond donors (Lipinski definition) is 1. The lowest BCUT2D eigenvalue weighted by Gasteiger charge is -2.44. The fourth-order valence-electron chi connectivity index (χ4n) is 4.31. The molecule has 2 aromatic rings. The number of nitrogens with zero attached hydrogens (tertiary/aromatic N) is 2. The molecular formula is C20H15N3O4S. The van der Waals surface area contributed by atoms with Gasteiger partial charge >= 0.3 is 0 Å². The summed E-state index contributed by atoms with van der Waals surface area (Å²) in [5.74, 6) is -3.42. The van der Waals surface area contributed by atoms with Crippen LogP contribution >= 0.6 is 11.3 Å². The topological polar surface area (TPSA) is 96.4 Å². The van der Waals surface area contributed by atoms with E-state index >= 15 is 0 Å². The first-order valence-corrected chi connectivity index (χ1v) is 9.72. The number of fused-ring (bicyclic) bond motifs is 3. The minimum atomic E-state index is -1.58. The number of benzene rings is 1. The van der Waals surface area contributed by atoms with Crippen molar-refractivity contribution < 1.29 is 19.2 Å². The fourth-order valence-corrected chi connectivity index (χ4v) is 5.26. The lowest BCUT2D eigenvalue weighted by Crippen LogP contribution is -2.61. The number of nitrogens with one attached hydrogen (secondary N) is 1. The molecular weight excluding hydrogens is 378 g/mol. The number of amides is 4. The molecule has 1 spiro atoms. The van der Waals surface area contributed by atoms with Crippen molar-refractivity contribution in [3.8, 4) is 0 Å². The number of imide groups is 2. The van der Waals surface area contributed by atoms with E-state index in [1.54, 1.807) is 24.3 Å². The summed E-state index contributed by atoms with van der Waals surface area (Å²) in [7, 11) is 0. The van der Waals surface area contributed by atoms with Crippen LogP contribution in [0.2, 0.25) is 0 Å². The molecule has 7 nitrogen and oxygen atoms in total. The number of aromatic nitrogens is 1. The number of carbonyl (C=O) groups is 4. The number of piperidine rings is 1. The highest BCUT2D eigenvalue weighted by molar-refractivity contribution is 7.18. The molecule has 3 heterocycles. The largest absolute Gasteiger partial charge is 0.295 e. The normalized spacial score (nSPS) is 29.1. The summed E-state index contributed by atoms with van der Waals surface area (Å²) in [6, 6.07) is 7.56. The summed E-state index contributed by atoms with van der Waals surface area (Å²) in [5, 5.41) is 2.86. The Hall–Kier alpha value is -3.13. The molecule has 2 aliphatic heterocycles. The Balaban J connectivity index is 1.57. The summed E-state index contributed by atoms with van der Waals surface area (Å²) < 4.78 is 0.955. The third-order valence-corrected chi connectivity index (χ3v) is 6.63. The van der Waals surface area contributed by atoms with Crippen molar-refractivity contribution in [3.63, 3.8) is 0 Å². The molecule has 2 saturated heterocycles. The van der Waals surface area contributed by atoms with Gasteiger partial charge in [0.2, 0.25) is 23.6 Å². The van der Waals surface area contributed by atoms with E-state index in [9.17, 15) is 19.2 Å². The Bertz CT molecular complexity index is 1080. The molecule has 0 radical (unpaired) electrons. The van der Waals surface area contributed by atoms with E-state index in [-0.39, 0.29) is 18.9 Å². The molecule has 1 N–H and O–H groups in total. The third-order valence-electron chi connectivity index (χ3n) is 5.61. The first-order valence-electron chi connectivity index (χ1n) is 8.90. The quantitative estimate of drug-likeness (QED) is 0.617. The van der Waals surface area contributed by atoms with Gasteiger partial charge in [0, 0.05) is 5.92 Å². The standard InChI is InChI=1S/C20H15N3O4S/c24-15-9-20(18(26)22-15)12-6-2-1-5-11(12)17(25)23(19(20)27)10-16-21-13-7-3-4-8-14(13)28-16/h1-8,11-12H,9-10H2,(H,22,24,26). The summed E-state index contributed by atoms with van der Waals surface area (Å²) in [6.45, 7) is -0.0129. The van der Waals surface area contributed by atoms with Crippen molar-refractivity contribution in [2.24, 2.45) is 17.3 Å². The predicted octanol–water partition coefficient (Wildman–Crippen LogP) is 1.56. The van der Waals surface area contributed by atoms with Crippen molar-refractivity contribution in [3.05, 3.63) is 53.6 Å². The van der Waals surface area contributed by atoms with Crippen LogP contribution in [0.25, 0.3) is 10.2 Å². The average Bonchev–Trinajstić information content (AvgIpc) is 3.24. The van der Waals surface area contributed by atoms with Crippen LogP contribution in [0, 0.1) is 17.3 Å².